The van der Waals surface area contributed by atoms with Gasteiger partial charge in [0.15, 0.2) is 0 Å². The van der Waals surface area contributed by atoms with Crippen molar-refractivity contribution in [2.75, 3.05) is 41.8 Å². The minimum absolute atomic E-state index is 0.234. The van der Waals surface area contributed by atoms with Gasteiger partial charge < -0.3 is 20.3 Å². The average molecular weight is 450 g/mol. The SMILES string of the molecule is Cc1ccc(Cl)cc1NC(=O)c1cc(NC(=O)c2ccccc2)ccc1N1CCOCC1. The lowest BCUT2D eigenvalue weighted by molar-refractivity contribution is 0.101. The van der Waals surface area contributed by atoms with Crippen molar-refractivity contribution < 1.29 is 14.3 Å². The van der Waals surface area contributed by atoms with Crippen LogP contribution in [0.5, 0.6) is 0 Å². The molecule has 0 aliphatic carbocycles. The topological polar surface area (TPSA) is 70.7 Å². The number of benzene rings is 3. The molecular formula is C25H24ClN3O3. The summed E-state index contributed by atoms with van der Waals surface area (Å²) in [5.74, 6) is -0.505. The van der Waals surface area contributed by atoms with Crippen LogP contribution in [0, 0.1) is 6.92 Å². The molecule has 0 saturated carbocycles. The monoisotopic (exact) mass is 449 g/mol. The van der Waals surface area contributed by atoms with Crippen LogP contribution < -0.4 is 15.5 Å². The van der Waals surface area contributed by atoms with Crippen molar-refractivity contribution in [3.05, 3.63) is 88.4 Å². The Morgan fingerprint density at radius 2 is 1.66 bits per heavy atom. The summed E-state index contributed by atoms with van der Waals surface area (Å²) in [5, 5.41) is 6.39. The first kappa shape index (κ1) is 21.9. The van der Waals surface area contributed by atoms with Gasteiger partial charge >= 0.3 is 0 Å². The predicted molar refractivity (Wildman–Crippen MR) is 128 cm³/mol. The molecule has 0 radical (unpaired) electrons. The third-order valence-electron chi connectivity index (χ3n) is 5.33. The maximum atomic E-state index is 13.3. The number of halogens is 1. The molecule has 1 aliphatic rings. The fraction of sp³-hybridized carbons (Fsp3) is 0.200. The van der Waals surface area contributed by atoms with E-state index < -0.39 is 0 Å². The molecular weight excluding hydrogens is 426 g/mol. The van der Waals surface area contributed by atoms with Crippen LogP contribution in [0.3, 0.4) is 0 Å². The predicted octanol–water partition coefficient (Wildman–Crippen LogP) is 4.99. The van der Waals surface area contributed by atoms with Crippen LogP contribution in [-0.2, 0) is 4.74 Å². The highest BCUT2D eigenvalue weighted by molar-refractivity contribution is 6.31. The van der Waals surface area contributed by atoms with Crippen LogP contribution in [-0.4, -0.2) is 38.1 Å². The molecule has 0 spiro atoms. The molecule has 6 nitrogen and oxygen atoms in total. The van der Waals surface area contributed by atoms with E-state index in [0.717, 1.165) is 11.3 Å². The Morgan fingerprint density at radius 1 is 0.906 bits per heavy atom. The van der Waals surface area contributed by atoms with E-state index >= 15 is 0 Å². The zero-order valence-electron chi connectivity index (χ0n) is 17.7. The van der Waals surface area contributed by atoms with Crippen LogP contribution in [0.1, 0.15) is 26.3 Å². The number of aryl methyl sites for hydroxylation is 1. The Morgan fingerprint density at radius 3 is 2.41 bits per heavy atom. The van der Waals surface area contributed by atoms with Crippen LogP contribution in [0.4, 0.5) is 17.1 Å². The Balaban J connectivity index is 1.65. The number of carbonyl (C=O) groups excluding carboxylic acids is 2. The molecule has 1 aliphatic heterocycles. The summed E-state index contributed by atoms with van der Waals surface area (Å²) >= 11 is 6.12. The lowest BCUT2D eigenvalue weighted by atomic mass is 10.1. The molecule has 3 aromatic rings. The summed E-state index contributed by atoms with van der Waals surface area (Å²) < 4.78 is 5.46. The van der Waals surface area contributed by atoms with Gasteiger partial charge in [-0.15, -0.1) is 0 Å². The highest BCUT2D eigenvalue weighted by Crippen LogP contribution is 2.28. The van der Waals surface area contributed by atoms with Gasteiger partial charge in [-0.3, -0.25) is 9.59 Å². The number of morpholine rings is 1. The van der Waals surface area contributed by atoms with Crippen molar-refractivity contribution >= 4 is 40.5 Å². The Kier molecular flexibility index (Phi) is 6.73. The molecule has 32 heavy (non-hydrogen) atoms. The van der Waals surface area contributed by atoms with Crippen molar-refractivity contribution in [1.29, 1.82) is 0 Å². The van der Waals surface area contributed by atoms with Gasteiger partial charge in [0, 0.05) is 40.7 Å². The molecule has 1 heterocycles. The number of hydrogen-bond acceptors (Lipinski definition) is 4. The second kappa shape index (κ2) is 9.85. The maximum Gasteiger partial charge on any atom is 0.257 e. The van der Waals surface area contributed by atoms with Gasteiger partial charge in [-0.2, -0.15) is 0 Å². The Hall–Kier alpha value is -3.35. The van der Waals surface area contributed by atoms with Crippen molar-refractivity contribution in [2.24, 2.45) is 0 Å². The van der Waals surface area contributed by atoms with Gasteiger partial charge in [-0.25, -0.2) is 0 Å². The van der Waals surface area contributed by atoms with E-state index in [-0.39, 0.29) is 11.8 Å². The van der Waals surface area contributed by atoms with Crippen LogP contribution in [0.2, 0.25) is 5.02 Å². The lowest BCUT2D eigenvalue weighted by Gasteiger charge is -2.30. The number of anilines is 3. The molecule has 0 aromatic heterocycles. The van der Waals surface area contributed by atoms with Crippen molar-refractivity contribution in [2.45, 2.75) is 6.92 Å². The highest BCUT2D eigenvalue weighted by atomic mass is 35.5. The van der Waals surface area contributed by atoms with Crippen molar-refractivity contribution in [3.63, 3.8) is 0 Å². The van der Waals surface area contributed by atoms with Gasteiger partial charge in [0.25, 0.3) is 11.8 Å². The van der Waals surface area contributed by atoms with Gasteiger partial charge in [0.05, 0.1) is 18.8 Å². The summed E-state index contributed by atoms with van der Waals surface area (Å²) in [6, 6.07) is 19.7. The summed E-state index contributed by atoms with van der Waals surface area (Å²) in [7, 11) is 0. The molecule has 3 aromatic carbocycles. The van der Waals surface area contributed by atoms with E-state index in [2.05, 4.69) is 15.5 Å². The number of nitrogens with one attached hydrogen (secondary N) is 2. The van der Waals surface area contributed by atoms with E-state index in [9.17, 15) is 9.59 Å². The van der Waals surface area contributed by atoms with Gasteiger partial charge in [-0.05, 0) is 55.0 Å². The number of nitrogens with zero attached hydrogens (tertiary/aromatic N) is 1. The number of carbonyl (C=O) groups is 2. The van der Waals surface area contributed by atoms with Crippen LogP contribution in [0.25, 0.3) is 0 Å². The summed E-state index contributed by atoms with van der Waals surface area (Å²) in [5.41, 5.74) is 3.91. The van der Waals surface area contributed by atoms with Crippen LogP contribution in [0.15, 0.2) is 66.7 Å². The Bertz CT molecular complexity index is 1130. The van der Waals surface area contributed by atoms with Crippen molar-refractivity contribution in [3.8, 4) is 0 Å². The average Bonchev–Trinajstić information content (AvgIpc) is 2.82. The molecule has 164 valence electrons. The zero-order chi connectivity index (χ0) is 22.5. The normalized spacial score (nSPS) is 13.5. The number of hydrogen-bond donors (Lipinski definition) is 2. The largest absolute Gasteiger partial charge is 0.378 e. The fourth-order valence-electron chi connectivity index (χ4n) is 3.59. The first-order valence-electron chi connectivity index (χ1n) is 10.4. The van der Waals surface area contributed by atoms with E-state index in [4.69, 9.17) is 16.3 Å². The first-order chi connectivity index (χ1) is 15.5. The standard InChI is InChI=1S/C25H24ClN3O3/c1-17-7-8-19(26)15-22(17)28-25(31)21-16-20(27-24(30)18-5-3-2-4-6-18)9-10-23(21)29-11-13-32-14-12-29/h2-10,15-16H,11-14H2,1H3,(H,27,30)(H,28,31). The molecule has 1 fully saturated rings. The molecule has 2 N–H and O–H groups in total. The molecule has 0 atom stereocenters. The number of amides is 2. The summed E-state index contributed by atoms with van der Waals surface area (Å²) in [6.45, 7) is 4.48. The summed E-state index contributed by atoms with van der Waals surface area (Å²) in [4.78, 5) is 28.0. The quantitative estimate of drug-likeness (QED) is 0.575. The van der Waals surface area contributed by atoms with Crippen molar-refractivity contribution in [1.82, 2.24) is 0 Å². The third kappa shape index (κ3) is 5.10. The molecule has 0 unspecified atom stereocenters. The lowest BCUT2D eigenvalue weighted by Crippen LogP contribution is -2.37. The third-order valence-corrected chi connectivity index (χ3v) is 5.57. The van der Waals surface area contributed by atoms with E-state index in [1.807, 2.05) is 43.3 Å². The maximum absolute atomic E-state index is 13.3. The molecule has 0 bridgehead atoms. The minimum Gasteiger partial charge on any atom is -0.378 e. The molecule has 4 rings (SSSR count). The number of rotatable bonds is 5. The van der Waals surface area contributed by atoms with Gasteiger partial charge in [0.2, 0.25) is 0 Å². The van der Waals surface area contributed by atoms with E-state index in [0.29, 0.717) is 53.8 Å². The zero-order valence-corrected chi connectivity index (χ0v) is 18.5. The van der Waals surface area contributed by atoms with Crippen LogP contribution >= 0.6 is 11.6 Å². The first-order valence-corrected chi connectivity index (χ1v) is 10.8. The van der Waals surface area contributed by atoms with Gasteiger partial charge in [-0.1, -0.05) is 35.9 Å². The smallest absolute Gasteiger partial charge is 0.257 e. The molecule has 7 heteroatoms. The molecule has 1 saturated heterocycles. The second-order valence-corrected chi connectivity index (χ2v) is 8.00. The van der Waals surface area contributed by atoms with Gasteiger partial charge in [0.1, 0.15) is 0 Å². The Labute approximate surface area is 192 Å². The minimum atomic E-state index is -0.271. The van der Waals surface area contributed by atoms with E-state index in [1.165, 1.54) is 0 Å². The number of ether oxygens (including phenoxy) is 1. The highest BCUT2D eigenvalue weighted by Gasteiger charge is 2.21. The molecule has 2 amide bonds. The van der Waals surface area contributed by atoms with E-state index in [1.54, 1.807) is 30.3 Å². The summed E-state index contributed by atoms with van der Waals surface area (Å²) in [6.07, 6.45) is 0. The fourth-order valence-corrected chi connectivity index (χ4v) is 3.76. The second-order valence-electron chi connectivity index (χ2n) is 7.56.